The van der Waals surface area contributed by atoms with Gasteiger partial charge in [0.15, 0.2) is 11.2 Å². The number of hydrogen-bond acceptors (Lipinski definition) is 3. The molecule has 1 amide bonds. The van der Waals surface area contributed by atoms with Crippen LogP contribution < -0.4 is 20.7 Å². The van der Waals surface area contributed by atoms with Crippen molar-refractivity contribution in [3.63, 3.8) is 0 Å². The van der Waals surface area contributed by atoms with Crippen molar-refractivity contribution in [3.8, 4) is 5.75 Å². The zero-order chi connectivity index (χ0) is 15.5. The molecule has 0 spiro atoms. The zero-order valence-electron chi connectivity index (χ0n) is 12.6. The van der Waals surface area contributed by atoms with Crippen LogP contribution in [0.1, 0.15) is 39.0 Å². The molecule has 1 heterocycles. The highest BCUT2D eigenvalue weighted by atomic mass is 32.1. The molecule has 1 aliphatic carbocycles. The Labute approximate surface area is 135 Å². The molecule has 5 nitrogen and oxygen atoms in total. The average Bonchev–Trinajstić information content (AvgIpc) is 2.49. The van der Waals surface area contributed by atoms with E-state index in [2.05, 4.69) is 16.0 Å². The van der Waals surface area contributed by atoms with Crippen molar-refractivity contribution >= 4 is 34.6 Å². The van der Waals surface area contributed by atoms with E-state index < -0.39 is 6.10 Å². The lowest BCUT2D eigenvalue weighted by molar-refractivity contribution is -0.122. The van der Waals surface area contributed by atoms with Crippen molar-refractivity contribution in [2.45, 2.75) is 51.2 Å². The molecule has 1 saturated carbocycles. The molecule has 0 aromatic heterocycles. The topological polar surface area (TPSA) is 62.4 Å². The lowest BCUT2D eigenvalue weighted by atomic mass is 9.96. The summed E-state index contributed by atoms with van der Waals surface area (Å²) in [5.74, 6) is 0.552. The van der Waals surface area contributed by atoms with Crippen molar-refractivity contribution in [3.05, 3.63) is 18.2 Å². The Kier molecular flexibility index (Phi) is 4.47. The quantitative estimate of drug-likeness (QED) is 0.732. The van der Waals surface area contributed by atoms with Gasteiger partial charge in [0.2, 0.25) is 0 Å². The number of benzene rings is 1. The van der Waals surface area contributed by atoms with Crippen molar-refractivity contribution in [2.75, 3.05) is 10.6 Å². The highest BCUT2D eigenvalue weighted by molar-refractivity contribution is 7.80. The maximum Gasteiger partial charge on any atom is 0.265 e. The van der Waals surface area contributed by atoms with Crippen LogP contribution in [0.4, 0.5) is 11.4 Å². The standard InChI is InChI=1S/C16H21N3O2S/c1-10-15(20)19-13-9-12(7-8-14(13)21-10)18-16(22)17-11-5-3-2-4-6-11/h7-11H,2-6H2,1H3,(H,19,20)(H2,17,18,22)/t10-/m0/s1. The molecule has 1 fully saturated rings. The predicted molar refractivity (Wildman–Crippen MR) is 91.4 cm³/mol. The number of fused-ring (bicyclic) bond motifs is 1. The van der Waals surface area contributed by atoms with E-state index in [1.54, 1.807) is 6.92 Å². The minimum atomic E-state index is -0.458. The summed E-state index contributed by atoms with van der Waals surface area (Å²) in [5, 5.41) is 10.0. The Morgan fingerprint density at radius 1 is 1.32 bits per heavy atom. The fourth-order valence-electron chi connectivity index (χ4n) is 2.89. The van der Waals surface area contributed by atoms with Gasteiger partial charge in [0.05, 0.1) is 5.69 Å². The molecule has 1 aromatic rings. The molecule has 0 radical (unpaired) electrons. The Hall–Kier alpha value is -1.82. The van der Waals surface area contributed by atoms with Gasteiger partial charge in [-0.1, -0.05) is 19.3 Å². The van der Waals surface area contributed by atoms with E-state index in [4.69, 9.17) is 17.0 Å². The van der Waals surface area contributed by atoms with E-state index in [1.807, 2.05) is 18.2 Å². The van der Waals surface area contributed by atoms with Gasteiger partial charge in [0.25, 0.3) is 5.91 Å². The summed E-state index contributed by atoms with van der Waals surface area (Å²) in [5.41, 5.74) is 1.51. The van der Waals surface area contributed by atoms with Gasteiger partial charge in [0.1, 0.15) is 5.75 Å². The van der Waals surface area contributed by atoms with Crippen molar-refractivity contribution in [1.29, 1.82) is 0 Å². The number of carbonyl (C=O) groups is 1. The zero-order valence-corrected chi connectivity index (χ0v) is 13.5. The molecule has 0 saturated heterocycles. The average molecular weight is 319 g/mol. The SMILES string of the molecule is C[C@@H]1Oc2ccc(NC(=S)NC3CCCCC3)cc2NC1=O. The first-order chi connectivity index (χ1) is 10.6. The molecule has 1 aliphatic heterocycles. The summed E-state index contributed by atoms with van der Waals surface area (Å²) in [6.45, 7) is 1.73. The largest absolute Gasteiger partial charge is 0.479 e. The summed E-state index contributed by atoms with van der Waals surface area (Å²) in [6.07, 6.45) is 5.74. The molecule has 3 rings (SSSR count). The number of thiocarbonyl (C=S) groups is 1. The van der Waals surface area contributed by atoms with E-state index in [0.717, 1.165) is 5.69 Å². The first-order valence-electron chi connectivity index (χ1n) is 7.81. The molecule has 2 aliphatic rings. The minimum absolute atomic E-state index is 0.132. The third kappa shape index (κ3) is 3.50. The van der Waals surface area contributed by atoms with Crippen LogP contribution >= 0.6 is 12.2 Å². The maximum absolute atomic E-state index is 11.7. The molecular formula is C16H21N3O2S. The second-order valence-corrected chi connectivity index (χ2v) is 6.30. The summed E-state index contributed by atoms with van der Waals surface area (Å²) in [7, 11) is 0. The van der Waals surface area contributed by atoms with Crippen molar-refractivity contribution in [1.82, 2.24) is 5.32 Å². The second kappa shape index (κ2) is 6.52. The van der Waals surface area contributed by atoms with Gasteiger partial charge < -0.3 is 20.7 Å². The smallest absolute Gasteiger partial charge is 0.265 e. The molecule has 22 heavy (non-hydrogen) atoms. The number of hydrogen-bond donors (Lipinski definition) is 3. The Morgan fingerprint density at radius 3 is 2.86 bits per heavy atom. The molecule has 0 unspecified atom stereocenters. The fourth-order valence-corrected chi connectivity index (χ4v) is 3.17. The molecule has 1 atom stereocenters. The van der Waals surface area contributed by atoms with Crippen molar-refractivity contribution < 1.29 is 9.53 Å². The molecular weight excluding hydrogens is 298 g/mol. The van der Waals surface area contributed by atoms with Gasteiger partial charge in [-0.25, -0.2) is 0 Å². The first-order valence-corrected chi connectivity index (χ1v) is 8.22. The van der Waals surface area contributed by atoms with Crippen LogP contribution in [-0.2, 0) is 4.79 Å². The molecule has 1 aromatic carbocycles. The van der Waals surface area contributed by atoms with Gasteiger partial charge in [0, 0.05) is 11.7 Å². The van der Waals surface area contributed by atoms with Crippen LogP contribution in [0.2, 0.25) is 0 Å². The van der Waals surface area contributed by atoms with Crippen LogP contribution in [0.25, 0.3) is 0 Å². The lowest BCUT2D eigenvalue weighted by Gasteiger charge is -2.25. The van der Waals surface area contributed by atoms with E-state index in [9.17, 15) is 4.79 Å². The van der Waals surface area contributed by atoms with Crippen LogP contribution in [-0.4, -0.2) is 23.2 Å². The number of nitrogens with one attached hydrogen (secondary N) is 3. The minimum Gasteiger partial charge on any atom is -0.479 e. The van der Waals surface area contributed by atoms with Crippen LogP contribution in [0.3, 0.4) is 0 Å². The summed E-state index contributed by atoms with van der Waals surface area (Å²) in [6, 6.07) is 6.05. The number of ether oxygens (including phenoxy) is 1. The molecule has 3 N–H and O–H groups in total. The summed E-state index contributed by atoms with van der Waals surface area (Å²) < 4.78 is 5.54. The normalized spacial score (nSPS) is 21.3. The van der Waals surface area contributed by atoms with Crippen molar-refractivity contribution in [2.24, 2.45) is 0 Å². The Bertz CT molecular complexity index is 585. The highest BCUT2D eigenvalue weighted by Crippen LogP contribution is 2.32. The van der Waals surface area contributed by atoms with Gasteiger partial charge in [-0.05, 0) is 50.2 Å². The first kappa shape index (κ1) is 15.1. The predicted octanol–water partition coefficient (Wildman–Crippen LogP) is 3.03. The molecule has 0 bridgehead atoms. The van der Waals surface area contributed by atoms with E-state index >= 15 is 0 Å². The van der Waals surface area contributed by atoms with E-state index in [1.165, 1.54) is 32.1 Å². The summed E-state index contributed by atoms with van der Waals surface area (Å²) >= 11 is 5.37. The van der Waals surface area contributed by atoms with E-state index in [-0.39, 0.29) is 5.91 Å². The number of amides is 1. The lowest BCUT2D eigenvalue weighted by Crippen LogP contribution is -2.39. The number of carbonyl (C=O) groups excluding carboxylic acids is 1. The number of anilines is 2. The molecule has 118 valence electrons. The number of rotatable bonds is 2. The van der Waals surface area contributed by atoms with Crippen LogP contribution in [0.5, 0.6) is 5.75 Å². The van der Waals surface area contributed by atoms with Gasteiger partial charge in [-0.15, -0.1) is 0 Å². The van der Waals surface area contributed by atoms with Crippen LogP contribution in [0.15, 0.2) is 18.2 Å². The van der Waals surface area contributed by atoms with Gasteiger partial charge in [-0.2, -0.15) is 0 Å². The third-order valence-electron chi connectivity index (χ3n) is 4.11. The summed E-state index contributed by atoms with van der Waals surface area (Å²) in [4.78, 5) is 11.7. The third-order valence-corrected chi connectivity index (χ3v) is 4.33. The highest BCUT2D eigenvalue weighted by Gasteiger charge is 2.23. The fraction of sp³-hybridized carbons (Fsp3) is 0.500. The molecule has 6 heteroatoms. The van der Waals surface area contributed by atoms with Gasteiger partial charge in [-0.3, -0.25) is 4.79 Å². The Morgan fingerprint density at radius 2 is 2.09 bits per heavy atom. The van der Waals surface area contributed by atoms with E-state index in [0.29, 0.717) is 22.6 Å². The second-order valence-electron chi connectivity index (χ2n) is 5.89. The Balaban J connectivity index is 1.62. The maximum atomic E-state index is 11.7. The van der Waals surface area contributed by atoms with Crippen LogP contribution in [0, 0.1) is 0 Å². The van der Waals surface area contributed by atoms with Gasteiger partial charge >= 0.3 is 0 Å². The monoisotopic (exact) mass is 319 g/mol.